The highest BCUT2D eigenvalue weighted by Crippen LogP contribution is 2.34. The van der Waals surface area contributed by atoms with Gasteiger partial charge in [-0.2, -0.15) is 9.97 Å². The molecule has 0 bridgehead atoms. The van der Waals surface area contributed by atoms with Crippen molar-refractivity contribution < 1.29 is 4.74 Å². The van der Waals surface area contributed by atoms with Gasteiger partial charge < -0.3 is 29.8 Å². The van der Waals surface area contributed by atoms with Gasteiger partial charge in [0.05, 0.1) is 19.1 Å². The number of piperidine rings is 1. The Morgan fingerprint density at radius 3 is 2.66 bits per heavy atom. The summed E-state index contributed by atoms with van der Waals surface area (Å²) in [5, 5.41) is 7.01. The molecule has 1 saturated carbocycles. The summed E-state index contributed by atoms with van der Waals surface area (Å²) in [6, 6.07) is 6.75. The largest absolute Gasteiger partial charge is 0.494 e. The quantitative estimate of drug-likeness (QED) is 0.291. The minimum atomic E-state index is 0.430. The summed E-state index contributed by atoms with van der Waals surface area (Å²) in [6.07, 6.45) is 14.1. The van der Waals surface area contributed by atoms with Crippen LogP contribution in [-0.4, -0.2) is 55.7 Å². The average molecular weight is 516 g/mol. The van der Waals surface area contributed by atoms with E-state index >= 15 is 0 Å². The Balaban J connectivity index is 1.15. The van der Waals surface area contributed by atoms with Crippen LogP contribution in [0, 0.1) is 12.8 Å². The van der Waals surface area contributed by atoms with Gasteiger partial charge in [-0.1, -0.05) is 19.3 Å². The van der Waals surface area contributed by atoms with Crippen LogP contribution in [0.5, 0.6) is 5.75 Å². The van der Waals surface area contributed by atoms with Crippen LogP contribution >= 0.6 is 0 Å². The van der Waals surface area contributed by atoms with Crippen molar-refractivity contribution in [3.63, 3.8) is 0 Å². The first-order valence-corrected chi connectivity index (χ1v) is 13.8. The van der Waals surface area contributed by atoms with E-state index < -0.39 is 0 Å². The van der Waals surface area contributed by atoms with E-state index in [1.807, 2.05) is 6.20 Å². The van der Waals surface area contributed by atoms with Gasteiger partial charge in [-0.25, -0.2) is 9.97 Å². The smallest absolute Gasteiger partial charge is 0.231 e. The number of aryl methyl sites for hydroxylation is 1. The Morgan fingerprint density at radius 2 is 1.89 bits per heavy atom. The first-order chi connectivity index (χ1) is 18.7. The van der Waals surface area contributed by atoms with Crippen molar-refractivity contribution in [3.05, 3.63) is 42.7 Å². The van der Waals surface area contributed by atoms with E-state index in [0.717, 1.165) is 73.9 Å². The number of aromatic nitrogens is 6. The van der Waals surface area contributed by atoms with Gasteiger partial charge in [-0.15, -0.1) is 0 Å². The molecule has 4 heterocycles. The molecule has 0 spiro atoms. The first-order valence-electron chi connectivity index (χ1n) is 13.8. The fourth-order valence-electron chi connectivity index (χ4n) is 5.78. The van der Waals surface area contributed by atoms with Gasteiger partial charge in [-0.3, -0.25) is 0 Å². The Hall–Kier alpha value is -3.82. The molecule has 0 atom stereocenters. The van der Waals surface area contributed by atoms with E-state index in [-0.39, 0.29) is 0 Å². The number of benzene rings is 1. The summed E-state index contributed by atoms with van der Waals surface area (Å²) < 4.78 is 8.05. The predicted molar refractivity (Wildman–Crippen MR) is 150 cm³/mol. The number of hydrogen-bond acceptors (Lipinski definition) is 8. The lowest BCUT2D eigenvalue weighted by Crippen LogP contribution is -2.35. The molecular formula is C28H37N9O. The molecule has 2 fully saturated rings. The van der Waals surface area contributed by atoms with Crippen LogP contribution in [0.15, 0.2) is 36.9 Å². The lowest BCUT2D eigenvalue weighted by Gasteiger charge is -2.34. The van der Waals surface area contributed by atoms with Crippen molar-refractivity contribution in [1.82, 2.24) is 29.5 Å². The minimum Gasteiger partial charge on any atom is -0.494 e. The second kappa shape index (κ2) is 10.9. The molecule has 10 heteroatoms. The van der Waals surface area contributed by atoms with Gasteiger partial charge in [0.2, 0.25) is 5.95 Å². The van der Waals surface area contributed by atoms with E-state index in [0.29, 0.717) is 23.6 Å². The Labute approximate surface area is 223 Å². The summed E-state index contributed by atoms with van der Waals surface area (Å²) in [7, 11) is 1.71. The number of anilines is 4. The van der Waals surface area contributed by atoms with E-state index in [9.17, 15) is 0 Å². The zero-order valence-electron chi connectivity index (χ0n) is 22.3. The van der Waals surface area contributed by atoms with Crippen molar-refractivity contribution in [2.75, 3.05) is 35.7 Å². The third-order valence-corrected chi connectivity index (χ3v) is 8.02. The lowest BCUT2D eigenvalue weighted by atomic mass is 9.95. The number of methoxy groups -OCH3 is 1. The monoisotopic (exact) mass is 515 g/mol. The molecule has 0 amide bonds. The molecule has 0 unspecified atom stereocenters. The fraction of sp³-hybridized carbons (Fsp3) is 0.500. The van der Waals surface area contributed by atoms with Gasteiger partial charge in [-0.05, 0) is 50.7 Å². The molecular weight excluding hydrogens is 478 g/mol. The number of imidazole rings is 2. The van der Waals surface area contributed by atoms with Crippen LogP contribution in [0.3, 0.4) is 0 Å². The standard InChI is InChI=1S/C28H37N9O/c1-19-29-12-15-37(19)17-20-10-13-36(14-11-20)22-8-9-23(24(16-22)38-2)33-28-34-26-25(30-18-31-26)27(35-28)32-21-6-4-3-5-7-21/h8-9,12,15-16,18,20-21H,3-7,10-11,13-14,17H2,1-2H3,(H3,30,31,32,33,34,35). The predicted octanol–water partition coefficient (Wildman–Crippen LogP) is 5.27. The van der Waals surface area contributed by atoms with Gasteiger partial charge in [0.15, 0.2) is 11.5 Å². The second-order valence-electron chi connectivity index (χ2n) is 10.5. The topological polar surface area (TPSA) is 109 Å². The molecule has 200 valence electrons. The van der Waals surface area contributed by atoms with Crippen molar-refractivity contribution in [2.24, 2.45) is 5.92 Å². The molecule has 38 heavy (non-hydrogen) atoms. The maximum Gasteiger partial charge on any atom is 0.231 e. The maximum absolute atomic E-state index is 5.79. The van der Waals surface area contributed by atoms with Crippen LogP contribution in [0.4, 0.5) is 23.1 Å². The van der Waals surface area contributed by atoms with E-state index in [1.165, 1.54) is 24.9 Å². The number of H-pyrrole nitrogens is 1. The summed E-state index contributed by atoms with van der Waals surface area (Å²) in [5.74, 6) is 3.84. The Morgan fingerprint density at radius 1 is 1.05 bits per heavy atom. The van der Waals surface area contributed by atoms with Crippen molar-refractivity contribution in [3.8, 4) is 5.75 Å². The van der Waals surface area contributed by atoms with E-state index in [4.69, 9.17) is 9.72 Å². The zero-order chi connectivity index (χ0) is 25.9. The number of nitrogens with one attached hydrogen (secondary N) is 3. The molecule has 3 N–H and O–H groups in total. The molecule has 1 aliphatic heterocycles. The molecule has 6 rings (SSSR count). The van der Waals surface area contributed by atoms with Gasteiger partial charge in [0.1, 0.15) is 17.1 Å². The highest BCUT2D eigenvalue weighted by molar-refractivity contribution is 5.84. The number of ether oxygens (including phenoxy) is 1. The highest BCUT2D eigenvalue weighted by atomic mass is 16.5. The van der Waals surface area contributed by atoms with Gasteiger partial charge in [0, 0.05) is 49.8 Å². The second-order valence-corrected chi connectivity index (χ2v) is 10.5. The zero-order valence-corrected chi connectivity index (χ0v) is 22.3. The lowest BCUT2D eigenvalue weighted by molar-refractivity contribution is 0.354. The van der Waals surface area contributed by atoms with E-state index in [2.05, 4.69) is 71.4 Å². The molecule has 2 aliphatic rings. The van der Waals surface area contributed by atoms with Crippen LogP contribution in [-0.2, 0) is 6.54 Å². The van der Waals surface area contributed by atoms with Crippen LogP contribution in [0.25, 0.3) is 11.2 Å². The molecule has 1 aliphatic carbocycles. The Kier molecular flexibility index (Phi) is 7.02. The molecule has 4 aromatic rings. The van der Waals surface area contributed by atoms with Crippen molar-refractivity contribution in [1.29, 1.82) is 0 Å². The van der Waals surface area contributed by atoms with Crippen LogP contribution in [0.2, 0.25) is 0 Å². The Bertz CT molecular complexity index is 1370. The van der Waals surface area contributed by atoms with Gasteiger partial charge >= 0.3 is 0 Å². The third kappa shape index (κ3) is 5.25. The number of hydrogen-bond donors (Lipinski definition) is 3. The number of fused-ring (bicyclic) bond motifs is 1. The molecule has 1 aromatic carbocycles. The van der Waals surface area contributed by atoms with Crippen LogP contribution < -0.4 is 20.3 Å². The van der Waals surface area contributed by atoms with Crippen molar-refractivity contribution in [2.45, 2.75) is 64.5 Å². The number of aromatic amines is 1. The van der Waals surface area contributed by atoms with E-state index in [1.54, 1.807) is 13.4 Å². The normalized spacial score (nSPS) is 17.2. The third-order valence-electron chi connectivity index (χ3n) is 8.02. The first kappa shape index (κ1) is 24.5. The summed E-state index contributed by atoms with van der Waals surface area (Å²) in [5.41, 5.74) is 3.49. The van der Waals surface area contributed by atoms with Crippen LogP contribution in [0.1, 0.15) is 50.8 Å². The average Bonchev–Trinajstić information content (AvgIpc) is 3.59. The molecule has 1 saturated heterocycles. The summed E-state index contributed by atoms with van der Waals surface area (Å²) in [4.78, 5) is 23.9. The molecule has 3 aromatic heterocycles. The minimum absolute atomic E-state index is 0.430. The number of nitrogens with zero attached hydrogens (tertiary/aromatic N) is 6. The maximum atomic E-state index is 5.79. The summed E-state index contributed by atoms with van der Waals surface area (Å²) in [6.45, 7) is 5.18. The van der Waals surface area contributed by atoms with Crippen molar-refractivity contribution >= 4 is 34.3 Å². The van der Waals surface area contributed by atoms with Gasteiger partial charge in [0.25, 0.3) is 0 Å². The highest BCUT2D eigenvalue weighted by Gasteiger charge is 2.22. The SMILES string of the molecule is COc1cc(N2CCC(Cn3ccnc3C)CC2)ccc1Nc1nc(NC2CCCCC2)c2[nH]cnc2n1. The number of rotatable bonds is 8. The summed E-state index contributed by atoms with van der Waals surface area (Å²) >= 11 is 0. The fourth-order valence-corrected chi connectivity index (χ4v) is 5.78. The molecule has 10 nitrogen and oxygen atoms in total. The molecule has 0 radical (unpaired) electrons.